The third-order valence-corrected chi connectivity index (χ3v) is 5.05. The van der Waals surface area contributed by atoms with Crippen LogP contribution >= 0.6 is 0 Å². The number of benzene rings is 1. The molecule has 1 aliphatic heterocycles. The molecule has 2 aromatic heterocycles. The molecule has 3 aromatic rings. The summed E-state index contributed by atoms with van der Waals surface area (Å²) in [6, 6.07) is 11.7. The topological polar surface area (TPSA) is 75.9 Å². The number of fused-ring (bicyclic) bond motifs is 1. The summed E-state index contributed by atoms with van der Waals surface area (Å²) in [4.78, 5) is 23.5. The summed E-state index contributed by atoms with van der Waals surface area (Å²) < 4.78 is 1.97. The van der Waals surface area contributed by atoms with E-state index < -0.39 is 0 Å². The van der Waals surface area contributed by atoms with Crippen LogP contribution in [0.25, 0.3) is 0 Å². The van der Waals surface area contributed by atoms with Gasteiger partial charge in [-0.15, -0.1) is 0 Å². The summed E-state index contributed by atoms with van der Waals surface area (Å²) in [5.74, 6) is -0.175. The zero-order valence-corrected chi connectivity index (χ0v) is 16.0. The van der Waals surface area contributed by atoms with Crippen LogP contribution in [0.15, 0.2) is 55.0 Å². The molecule has 0 saturated carbocycles. The van der Waals surface area contributed by atoms with Gasteiger partial charge < -0.3 is 5.32 Å². The molecule has 0 aliphatic carbocycles. The standard InChI is InChI=1S/C21H24N6O/c1-16(12-18-14-22-8-9-23-18)26-10-5-11-27-19(15-26)13-20(25-27)21(28)24-17-6-3-2-4-7-17/h2-4,6-9,13-14,16H,5,10-12,15H2,1H3,(H,24,28)/t16-/m0/s1. The van der Waals surface area contributed by atoms with Crippen LogP contribution < -0.4 is 5.32 Å². The summed E-state index contributed by atoms with van der Waals surface area (Å²) in [7, 11) is 0. The normalized spacial score (nSPS) is 15.5. The number of carbonyl (C=O) groups is 1. The lowest BCUT2D eigenvalue weighted by Gasteiger charge is -2.26. The number of hydrogen-bond donors (Lipinski definition) is 1. The minimum Gasteiger partial charge on any atom is -0.321 e. The number of hydrogen-bond acceptors (Lipinski definition) is 5. The minimum atomic E-state index is -0.175. The second-order valence-electron chi connectivity index (χ2n) is 7.14. The zero-order valence-electron chi connectivity index (χ0n) is 16.0. The van der Waals surface area contributed by atoms with Gasteiger partial charge in [-0.3, -0.25) is 24.3 Å². The fourth-order valence-corrected chi connectivity index (χ4v) is 3.56. The second-order valence-corrected chi connectivity index (χ2v) is 7.14. The molecule has 0 spiro atoms. The fraction of sp³-hybridized carbons (Fsp3) is 0.333. The Hall–Kier alpha value is -3.06. The van der Waals surface area contributed by atoms with Crippen LogP contribution in [0.3, 0.4) is 0 Å². The molecule has 0 radical (unpaired) electrons. The van der Waals surface area contributed by atoms with E-state index in [1.54, 1.807) is 12.4 Å². The number of para-hydroxylation sites is 1. The highest BCUT2D eigenvalue weighted by molar-refractivity contribution is 6.02. The molecule has 0 bridgehead atoms. The maximum Gasteiger partial charge on any atom is 0.276 e. The molecule has 4 rings (SSSR count). The van der Waals surface area contributed by atoms with Gasteiger partial charge in [0, 0.05) is 56.4 Å². The molecule has 1 atom stereocenters. The summed E-state index contributed by atoms with van der Waals surface area (Å²) >= 11 is 0. The van der Waals surface area contributed by atoms with Crippen molar-refractivity contribution in [3.8, 4) is 0 Å². The van der Waals surface area contributed by atoms with Crippen LogP contribution in [0.5, 0.6) is 0 Å². The minimum absolute atomic E-state index is 0.175. The van der Waals surface area contributed by atoms with E-state index >= 15 is 0 Å². The molecule has 0 saturated heterocycles. The first-order chi connectivity index (χ1) is 13.7. The third kappa shape index (κ3) is 4.26. The lowest BCUT2D eigenvalue weighted by Crippen LogP contribution is -2.34. The van der Waals surface area contributed by atoms with Crippen molar-refractivity contribution in [2.24, 2.45) is 0 Å². The van der Waals surface area contributed by atoms with E-state index in [0.29, 0.717) is 11.7 Å². The highest BCUT2D eigenvalue weighted by Crippen LogP contribution is 2.18. The Bertz CT molecular complexity index is 925. The van der Waals surface area contributed by atoms with Crippen LogP contribution in [0.1, 0.15) is 35.2 Å². The number of anilines is 1. The average Bonchev–Trinajstić information content (AvgIpc) is 3.01. The van der Waals surface area contributed by atoms with Gasteiger partial charge in [-0.25, -0.2) is 0 Å². The molecule has 7 nitrogen and oxygen atoms in total. The Morgan fingerprint density at radius 3 is 2.86 bits per heavy atom. The van der Waals surface area contributed by atoms with Gasteiger partial charge in [-0.05, 0) is 31.5 Å². The molecular formula is C21H24N6O. The van der Waals surface area contributed by atoms with E-state index in [2.05, 4.69) is 32.2 Å². The van der Waals surface area contributed by atoms with Crippen molar-refractivity contribution in [1.29, 1.82) is 0 Å². The van der Waals surface area contributed by atoms with Gasteiger partial charge >= 0.3 is 0 Å². The Labute approximate surface area is 164 Å². The molecule has 144 valence electrons. The van der Waals surface area contributed by atoms with E-state index in [1.165, 1.54) is 0 Å². The van der Waals surface area contributed by atoms with Gasteiger partial charge in [0.05, 0.1) is 11.4 Å². The van der Waals surface area contributed by atoms with Gasteiger partial charge in [0.1, 0.15) is 0 Å². The van der Waals surface area contributed by atoms with Gasteiger partial charge in [-0.2, -0.15) is 5.10 Å². The Balaban J connectivity index is 1.45. The van der Waals surface area contributed by atoms with E-state index in [9.17, 15) is 4.79 Å². The predicted octanol–water partition coefficient (Wildman–Crippen LogP) is 2.76. The first-order valence-electron chi connectivity index (χ1n) is 9.61. The second kappa shape index (κ2) is 8.31. The van der Waals surface area contributed by atoms with Gasteiger partial charge in [-0.1, -0.05) is 18.2 Å². The molecule has 1 aromatic carbocycles. The van der Waals surface area contributed by atoms with Crippen molar-refractivity contribution < 1.29 is 4.79 Å². The van der Waals surface area contributed by atoms with Gasteiger partial charge in [0.25, 0.3) is 5.91 Å². The zero-order chi connectivity index (χ0) is 19.3. The highest BCUT2D eigenvalue weighted by atomic mass is 16.1. The van der Waals surface area contributed by atoms with Gasteiger partial charge in [0.15, 0.2) is 5.69 Å². The molecule has 0 unspecified atom stereocenters. The van der Waals surface area contributed by atoms with Crippen molar-refractivity contribution in [2.75, 3.05) is 11.9 Å². The van der Waals surface area contributed by atoms with Crippen LogP contribution in [0.2, 0.25) is 0 Å². The van der Waals surface area contributed by atoms with Crippen molar-refractivity contribution in [1.82, 2.24) is 24.6 Å². The molecule has 1 amide bonds. The van der Waals surface area contributed by atoms with Crippen molar-refractivity contribution >= 4 is 11.6 Å². The van der Waals surface area contributed by atoms with E-state index in [4.69, 9.17) is 0 Å². The smallest absolute Gasteiger partial charge is 0.276 e. The molecule has 28 heavy (non-hydrogen) atoms. The maximum absolute atomic E-state index is 12.6. The lowest BCUT2D eigenvalue weighted by atomic mass is 10.1. The Morgan fingerprint density at radius 2 is 2.07 bits per heavy atom. The molecule has 1 N–H and O–H groups in total. The molecule has 7 heteroatoms. The van der Waals surface area contributed by atoms with Crippen LogP contribution in [0, 0.1) is 0 Å². The van der Waals surface area contributed by atoms with E-state index in [-0.39, 0.29) is 5.91 Å². The van der Waals surface area contributed by atoms with Crippen molar-refractivity contribution in [2.45, 2.75) is 38.9 Å². The third-order valence-electron chi connectivity index (χ3n) is 5.05. The monoisotopic (exact) mass is 376 g/mol. The first-order valence-corrected chi connectivity index (χ1v) is 9.61. The Kier molecular flexibility index (Phi) is 5.43. The summed E-state index contributed by atoms with van der Waals surface area (Å²) in [5, 5.41) is 7.45. The van der Waals surface area contributed by atoms with Crippen molar-refractivity contribution in [3.05, 3.63) is 72.1 Å². The summed E-state index contributed by atoms with van der Waals surface area (Å²) in [5.41, 5.74) is 3.30. The fourth-order valence-electron chi connectivity index (χ4n) is 3.56. The van der Waals surface area contributed by atoms with Crippen molar-refractivity contribution in [3.63, 3.8) is 0 Å². The number of aromatic nitrogens is 4. The number of aryl methyl sites for hydroxylation is 1. The maximum atomic E-state index is 12.6. The highest BCUT2D eigenvalue weighted by Gasteiger charge is 2.23. The number of rotatable bonds is 5. The number of carbonyl (C=O) groups excluding carboxylic acids is 1. The largest absolute Gasteiger partial charge is 0.321 e. The average molecular weight is 376 g/mol. The Morgan fingerprint density at radius 1 is 1.21 bits per heavy atom. The summed E-state index contributed by atoms with van der Waals surface area (Å²) in [6.07, 6.45) is 7.10. The molecule has 3 heterocycles. The van der Waals surface area contributed by atoms with E-state index in [0.717, 1.165) is 49.6 Å². The van der Waals surface area contributed by atoms with Crippen LogP contribution in [-0.4, -0.2) is 43.1 Å². The van der Waals surface area contributed by atoms with E-state index in [1.807, 2.05) is 47.3 Å². The van der Waals surface area contributed by atoms with Crippen LogP contribution in [-0.2, 0) is 19.5 Å². The summed E-state index contributed by atoms with van der Waals surface area (Å²) in [6.45, 7) is 4.80. The SMILES string of the molecule is C[C@@H](Cc1cnccn1)N1CCCn2nc(C(=O)Nc3ccccc3)cc2C1. The van der Waals surface area contributed by atoms with Crippen LogP contribution in [0.4, 0.5) is 5.69 Å². The molecule has 1 aliphatic rings. The molecular weight excluding hydrogens is 352 g/mol. The number of nitrogens with one attached hydrogen (secondary N) is 1. The number of amides is 1. The molecule has 0 fully saturated rings. The predicted molar refractivity (Wildman–Crippen MR) is 107 cm³/mol. The lowest BCUT2D eigenvalue weighted by molar-refractivity contribution is 0.102. The quantitative estimate of drug-likeness (QED) is 0.741. The number of nitrogens with zero attached hydrogens (tertiary/aromatic N) is 5. The van der Waals surface area contributed by atoms with Gasteiger partial charge in [0.2, 0.25) is 0 Å². The first kappa shape index (κ1) is 18.3.